The van der Waals surface area contributed by atoms with Gasteiger partial charge in [0.25, 0.3) is 0 Å². The molecule has 1 N–H and O–H groups in total. The van der Waals surface area contributed by atoms with Crippen LogP contribution in [0.3, 0.4) is 0 Å². The smallest absolute Gasteiger partial charge is 0.0472 e. The fraction of sp³-hybridized carbons (Fsp3) is 0.600. The van der Waals surface area contributed by atoms with Gasteiger partial charge in [-0.05, 0) is 43.9 Å². The molecule has 0 amide bonds. The molecule has 1 aromatic carbocycles. The first-order valence-corrected chi connectivity index (χ1v) is 7.61. The largest absolute Gasteiger partial charge is 0.382 e. The van der Waals surface area contributed by atoms with Gasteiger partial charge in [0, 0.05) is 24.2 Å². The monoisotopic (exact) mass is 313 g/mol. The second-order valence-electron chi connectivity index (χ2n) is 4.41. The number of benzene rings is 1. The molecular weight excluding hydrogens is 290 g/mol. The Balaban J connectivity index is 2.60. The molecule has 102 valence electrons. The molecule has 2 nitrogen and oxygen atoms in total. The van der Waals surface area contributed by atoms with Crippen molar-refractivity contribution in [3.8, 4) is 0 Å². The molecule has 0 aliphatic rings. The molecule has 0 aromatic heterocycles. The Bertz CT molecular complexity index is 320. The lowest BCUT2D eigenvalue weighted by molar-refractivity contribution is 0.139. The average Bonchev–Trinajstić information content (AvgIpc) is 2.38. The van der Waals surface area contributed by atoms with Crippen molar-refractivity contribution >= 4 is 15.9 Å². The van der Waals surface area contributed by atoms with Gasteiger partial charge < -0.3 is 10.1 Å². The van der Waals surface area contributed by atoms with Gasteiger partial charge >= 0.3 is 0 Å². The molecule has 0 aliphatic carbocycles. The Morgan fingerprint density at radius 2 is 2.06 bits per heavy atom. The second-order valence-corrected chi connectivity index (χ2v) is 5.26. The van der Waals surface area contributed by atoms with E-state index in [9.17, 15) is 0 Å². The average molecular weight is 314 g/mol. The van der Waals surface area contributed by atoms with Crippen LogP contribution in [0.2, 0.25) is 0 Å². The summed E-state index contributed by atoms with van der Waals surface area (Å²) in [7, 11) is 0. The molecule has 0 bridgehead atoms. The third-order valence-electron chi connectivity index (χ3n) is 2.98. The Kier molecular flexibility index (Phi) is 8.31. The minimum Gasteiger partial charge on any atom is -0.382 e. The highest BCUT2D eigenvalue weighted by Crippen LogP contribution is 2.26. The molecule has 0 saturated heterocycles. The molecule has 0 saturated carbocycles. The number of hydrogen-bond acceptors (Lipinski definition) is 2. The van der Waals surface area contributed by atoms with E-state index in [1.165, 1.54) is 16.5 Å². The van der Waals surface area contributed by atoms with E-state index in [0.29, 0.717) is 5.92 Å². The molecule has 1 atom stereocenters. The highest BCUT2D eigenvalue weighted by atomic mass is 79.9. The van der Waals surface area contributed by atoms with E-state index in [-0.39, 0.29) is 0 Å². The third kappa shape index (κ3) is 5.51. The van der Waals surface area contributed by atoms with E-state index in [2.05, 4.69) is 52.4 Å². The lowest BCUT2D eigenvalue weighted by Crippen LogP contribution is -2.23. The van der Waals surface area contributed by atoms with Crippen LogP contribution in [0.15, 0.2) is 28.7 Å². The highest BCUT2D eigenvalue weighted by molar-refractivity contribution is 9.10. The molecule has 18 heavy (non-hydrogen) atoms. The SMILES string of the molecule is CCCNCC(CCOCC)c1ccccc1Br. The first-order valence-electron chi connectivity index (χ1n) is 6.82. The van der Waals surface area contributed by atoms with Crippen LogP contribution in [-0.2, 0) is 4.74 Å². The number of nitrogens with one attached hydrogen (secondary N) is 1. The topological polar surface area (TPSA) is 21.3 Å². The summed E-state index contributed by atoms with van der Waals surface area (Å²) in [4.78, 5) is 0. The first kappa shape index (κ1) is 15.7. The van der Waals surface area contributed by atoms with Crippen molar-refractivity contribution < 1.29 is 4.74 Å². The van der Waals surface area contributed by atoms with Crippen LogP contribution in [0.4, 0.5) is 0 Å². The van der Waals surface area contributed by atoms with Crippen molar-refractivity contribution in [3.63, 3.8) is 0 Å². The zero-order valence-corrected chi connectivity index (χ0v) is 13.0. The number of rotatable bonds is 9. The molecule has 1 rings (SSSR count). The lowest BCUT2D eigenvalue weighted by atomic mass is 9.96. The molecule has 3 heteroatoms. The summed E-state index contributed by atoms with van der Waals surface area (Å²) < 4.78 is 6.69. The first-order chi connectivity index (χ1) is 8.79. The summed E-state index contributed by atoms with van der Waals surface area (Å²) >= 11 is 3.65. The zero-order valence-electron chi connectivity index (χ0n) is 11.4. The molecule has 0 heterocycles. The maximum absolute atomic E-state index is 5.49. The molecule has 0 radical (unpaired) electrons. The normalized spacial score (nSPS) is 12.6. The van der Waals surface area contributed by atoms with Crippen LogP contribution in [0.5, 0.6) is 0 Å². The Hall–Kier alpha value is -0.380. The van der Waals surface area contributed by atoms with Gasteiger partial charge in [-0.2, -0.15) is 0 Å². The van der Waals surface area contributed by atoms with Gasteiger partial charge in [0.1, 0.15) is 0 Å². The van der Waals surface area contributed by atoms with Crippen molar-refractivity contribution in [3.05, 3.63) is 34.3 Å². The highest BCUT2D eigenvalue weighted by Gasteiger charge is 2.13. The third-order valence-corrected chi connectivity index (χ3v) is 3.70. The minimum atomic E-state index is 0.513. The van der Waals surface area contributed by atoms with E-state index < -0.39 is 0 Å². The Labute approximate surface area is 119 Å². The molecule has 0 aliphatic heterocycles. The summed E-state index contributed by atoms with van der Waals surface area (Å²) in [6.07, 6.45) is 2.24. The van der Waals surface area contributed by atoms with Crippen molar-refractivity contribution in [2.45, 2.75) is 32.6 Å². The molecule has 1 aromatic rings. The van der Waals surface area contributed by atoms with E-state index in [4.69, 9.17) is 4.74 Å². The van der Waals surface area contributed by atoms with E-state index >= 15 is 0 Å². The number of hydrogen-bond donors (Lipinski definition) is 1. The van der Waals surface area contributed by atoms with Crippen LogP contribution < -0.4 is 5.32 Å². The summed E-state index contributed by atoms with van der Waals surface area (Å²) in [6, 6.07) is 8.48. The fourth-order valence-corrected chi connectivity index (χ4v) is 2.61. The summed E-state index contributed by atoms with van der Waals surface area (Å²) in [6.45, 7) is 7.96. The van der Waals surface area contributed by atoms with Crippen molar-refractivity contribution in [2.75, 3.05) is 26.3 Å². The van der Waals surface area contributed by atoms with Crippen LogP contribution in [-0.4, -0.2) is 26.3 Å². The zero-order chi connectivity index (χ0) is 13.2. The molecule has 0 fully saturated rings. The van der Waals surface area contributed by atoms with E-state index in [1.807, 2.05) is 6.92 Å². The van der Waals surface area contributed by atoms with Crippen LogP contribution in [0.25, 0.3) is 0 Å². The maximum Gasteiger partial charge on any atom is 0.0472 e. The quantitative estimate of drug-likeness (QED) is 0.697. The summed E-state index contributed by atoms with van der Waals surface area (Å²) in [5.74, 6) is 0.513. The van der Waals surface area contributed by atoms with Gasteiger partial charge in [0.05, 0.1) is 0 Å². The Morgan fingerprint density at radius 3 is 2.72 bits per heavy atom. The Morgan fingerprint density at radius 1 is 1.28 bits per heavy atom. The second kappa shape index (κ2) is 9.54. The van der Waals surface area contributed by atoms with Crippen molar-refractivity contribution in [2.24, 2.45) is 0 Å². The van der Waals surface area contributed by atoms with Gasteiger partial charge in [-0.15, -0.1) is 0 Å². The van der Waals surface area contributed by atoms with Gasteiger partial charge in [-0.1, -0.05) is 41.1 Å². The molecular formula is C15H24BrNO. The predicted molar refractivity (Wildman–Crippen MR) is 81.2 cm³/mol. The van der Waals surface area contributed by atoms with Gasteiger partial charge in [0.2, 0.25) is 0 Å². The maximum atomic E-state index is 5.49. The predicted octanol–water partition coefficient (Wildman–Crippen LogP) is 3.96. The van der Waals surface area contributed by atoms with E-state index in [0.717, 1.165) is 32.7 Å². The molecule has 1 unspecified atom stereocenters. The number of halogens is 1. The van der Waals surface area contributed by atoms with E-state index in [1.54, 1.807) is 0 Å². The summed E-state index contributed by atoms with van der Waals surface area (Å²) in [5, 5.41) is 3.51. The van der Waals surface area contributed by atoms with Crippen molar-refractivity contribution in [1.29, 1.82) is 0 Å². The van der Waals surface area contributed by atoms with Gasteiger partial charge in [-0.3, -0.25) is 0 Å². The van der Waals surface area contributed by atoms with Crippen LogP contribution in [0.1, 0.15) is 38.2 Å². The van der Waals surface area contributed by atoms with Crippen LogP contribution >= 0.6 is 15.9 Å². The molecule has 0 spiro atoms. The summed E-state index contributed by atoms with van der Waals surface area (Å²) in [5.41, 5.74) is 1.38. The van der Waals surface area contributed by atoms with Gasteiger partial charge in [0.15, 0.2) is 0 Å². The minimum absolute atomic E-state index is 0.513. The standard InChI is InChI=1S/C15H24BrNO/c1-3-10-17-12-13(9-11-18-4-2)14-7-5-6-8-15(14)16/h5-8,13,17H,3-4,9-12H2,1-2H3. The lowest BCUT2D eigenvalue weighted by Gasteiger charge is -2.19. The van der Waals surface area contributed by atoms with Crippen molar-refractivity contribution in [1.82, 2.24) is 5.32 Å². The van der Waals surface area contributed by atoms with Crippen LogP contribution in [0, 0.1) is 0 Å². The van der Waals surface area contributed by atoms with Gasteiger partial charge in [-0.25, -0.2) is 0 Å². The number of ether oxygens (including phenoxy) is 1. The fourth-order valence-electron chi connectivity index (χ4n) is 2.00.